The molecule has 0 aliphatic carbocycles. The van der Waals surface area contributed by atoms with E-state index in [-0.39, 0.29) is 18.2 Å². The Kier molecular flexibility index (Phi) is 5.63. The van der Waals surface area contributed by atoms with E-state index in [1.165, 1.54) is 36.0 Å². The summed E-state index contributed by atoms with van der Waals surface area (Å²) in [5.41, 5.74) is 3.07. The van der Waals surface area contributed by atoms with Gasteiger partial charge in [-0.3, -0.25) is 0 Å². The average Bonchev–Trinajstić information content (AvgIpc) is 3.18. The second-order valence-corrected chi connectivity index (χ2v) is 8.33. The predicted octanol–water partition coefficient (Wildman–Crippen LogP) is 5.66. The van der Waals surface area contributed by atoms with Crippen LogP contribution < -0.4 is 4.74 Å². The highest BCUT2D eigenvalue weighted by Crippen LogP contribution is 2.39. The van der Waals surface area contributed by atoms with Crippen molar-refractivity contribution in [3.05, 3.63) is 95.1 Å². The molecule has 0 amide bonds. The number of aromatic nitrogens is 3. The summed E-state index contributed by atoms with van der Waals surface area (Å²) in [6.07, 6.45) is -0.544. The minimum atomic E-state index is -0.544. The van der Waals surface area contributed by atoms with Crippen LogP contribution >= 0.6 is 11.8 Å². The van der Waals surface area contributed by atoms with E-state index in [4.69, 9.17) is 9.47 Å². The molecule has 1 aliphatic rings. The maximum absolute atomic E-state index is 14.3. The number of rotatable bonds is 5. The van der Waals surface area contributed by atoms with E-state index in [1.807, 2.05) is 41.9 Å². The van der Waals surface area contributed by atoms with Crippen LogP contribution in [0.3, 0.4) is 0 Å². The third-order valence-electron chi connectivity index (χ3n) is 5.19. The fourth-order valence-electron chi connectivity index (χ4n) is 3.59. The van der Waals surface area contributed by atoms with Crippen molar-refractivity contribution in [3.8, 4) is 17.1 Å². The normalized spacial score (nSPS) is 15.3. The highest BCUT2D eigenvalue weighted by molar-refractivity contribution is 7.98. The molecule has 0 saturated heterocycles. The summed E-state index contributed by atoms with van der Waals surface area (Å²) in [4.78, 5) is 0. The first kappa shape index (κ1) is 20.7. The molecule has 0 fully saturated rings. The van der Waals surface area contributed by atoms with Gasteiger partial charge in [-0.1, -0.05) is 42.1 Å². The van der Waals surface area contributed by atoms with Crippen LogP contribution in [0.5, 0.6) is 5.75 Å². The molecule has 5 rings (SSSR count). The van der Waals surface area contributed by atoms with E-state index in [0.717, 1.165) is 16.7 Å². The van der Waals surface area contributed by atoms with Gasteiger partial charge in [0.2, 0.25) is 6.29 Å². The van der Waals surface area contributed by atoms with Gasteiger partial charge in [-0.25, -0.2) is 8.78 Å². The van der Waals surface area contributed by atoms with Crippen LogP contribution in [-0.4, -0.2) is 14.8 Å². The topological polar surface area (TPSA) is 49.2 Å². The van der Waals surface area contributed by atoms with E-state index in [0.29, 0.717) is 28.0 Å². The number of fused-ring (bicyclic) bond motifs is 1. The van der Waals surface area contributed by atoms with Gasteiger partial charge >= 0.3 is 0 Å². The van der Waals surface area contributed by atoms with Gasteiger partial charge in [-0.2, -0.15) is 0 Å². The number of halogens is 2. The van der Waals surface area contributed by atoms with E-state index in [2.05, 4.69) is 10.2 Å². The van der Waals surface area contributed by atoms with Gasteiger partial charge in [-0.15, -0.1) is 10.2 Å². The van der Waals surface area contributed by atoms with Crippen molar-refractivity contribution in [1.29, 1.82) is 0 Å². The summed E-state index contributed by atoms with van der Waals surface area (Å²) in [5, 5.41) is 9.14. The van der Waals surface area contributed by atoms with Gasteiger partial charge in [0.1, 0.15) is 17.4 Å². The lowest BCUT2D eigenvalue weighted by atomic mass is 10.1. The lowest BCUT2D eigenvalue weighted by molar-refractivity contribution is -0.112. The highest BCUT2D eigenvalue weighted by atomic mass is 32.2. The van der Waals surface area contributed by atoms with Gasteiger partial charge in [0.15, 0.2) is 11.0 Å². The van der Waals surface area contributed by atoms with Crippen LogP contribution in [0.25, 0.3) is 11.4 Å². The van der Waals surface area contributed by atoms with E-state index in [1.54, 1.807) is 12.1 Å². The molecular weight excluding hydrogens is 432 g/mol. The minimum absolute atomic E-state index is 0.267. The van der Waals surface area contributed by atoms with Crippen molar-refractivity contribution in [1.82, 2.24) is 14.8 Å². The molecule has 0 saturated carbocycles. The molecule has 8 heteroatoms. The minimum Gasteiger partial charge on any atom is -0.460 e. The molecule has 1 aromatic heterocycles. The standard InChI is InChI=1S/C24H19F2N3O2S/c1-29-22(15-7-9-19(25)10-8-15)27-28-24(29)32-14-18-12-20(26)11-17-13-30-23(31-21(17)18)16-5-3-2-4-6-16/h2-12,23H,13-14H2,1H3. The molecule has 0 bridgehead atoms. The van der Waals surface area contributed by atoms with E-state index >= 15 is 0 Å². The maximum Gasteiger partial charge on any atom is 0.227 e. The van der Waals surface area contributed by atoms with Crippen molar-refractivity contribution in [2.24, 2.45) is 7.05 Å². The molecule has 2 heterocycles. The molecule has 4 aromatic rings. The largest absolute Gasteiger partial charge is 0.460 e. The smallest absolute Gasteiger partial charge is 0.227 e. The van der Waals surface area contributed by atoms with Gasteiger partial charge < -0.3 is 14.0 Å². The van der Waals surface area contributed by atoms with Crippen molar-refractivity contribution >= 4 is 11.8 Å². The summed E-state index contributed by atoms with van der Waals surface area (Å²) in [6.45, 7) is 0.267. The number of thioether (sulfide) groups is 1. The van der Waals surface area contributed by atoms with Gasteiger partial charge in [0, 0.05) is 35.1 Å². The molecule has 32 heavy (non-hydrogen) atoms. The molecule has 3 aromatic carbocycles. The van der Waals surface area contributed by atoms with E-state index < -0.39 is 6.29 Å². The molecule has 1 aliphatic heterocycles. The van der Waals surface area contributed by atoms with Gasteiger partial charge in [-0.05, 0) is 36.4 Å². The fourth-order valence-corrected chi connectivity index (χ4v) is 4.47. The first-order chi connectivity index (χ1) is 15.6. The second kappa shape index (κ2) is 8.72. The molecule has 0 spiro atoms. The number of benzene rings is 3. The SMILES string of the molecule is Cn1c(SCc2cc(F)cc3c2OC(c2ccccc2)OC3)nnc1-c1ccc(F)cc1. The molecule has 0 radical (unpaired) electrons. The van der Waals surface area contributed by atoms with Crippen molar-refractivity contribution in [2.75, 3.05) is 0 Å². The number of hydrogen-bond donors (Lipinski definition) is 0. The highest BCUT2D eigenvalue weighted by Gasteiger charge is 2.25. The number of ether oxygens (including phenoxy) is 2. The molecule has 162 valence electrons. The second-order valence-electron chi connectivity index (χ2n) is 7.39. The van der Waals surface area contributed by atoms with Crippen LogP contribution in [-0.2, 0) is 24.1 Å². The zero-order valence-corrected chi connectivity index (χ0v) is 18.0. The Labute approximate surface area is 188 Å². The molecule has 1 unspecified atom stereocenters. The average molecular weight is 451 g/mol. The quantitative estimate of drug-likeness (QED) is 0.367. The Morgan fingerprint density at radius 2 is 1.78 bits per heavy atom. The van der Waals surface area contributed by atoms with Crippen LogP contribution in [0.2, 0.25) is 0 Å². The predicted molar refractivity (Wildman–Crippen MR) is 117 cm³/mol. The molecule has 1 atom stereocenters. The number of nitrogens with zero attached hydrogens (tertiary/aromatic N) is 3. The Balaban J connectivity index is 1.38. The molecule has 0 N–H and O–H groups in total. The first-order valence-electron chi connectivity index (χ1n) is 10.0. The summed E-state index contributed by atoms with van der Waals surface area (Å²) in [6, 6.07) is 18.7. The van der Waals surface area contributed by atoms with Crippen LogP contribution in [0, 0.1) is 11.6 Å². The number of hydrogen-bond acceptors (Lipinski definition) is 5. The zero-order chi connectivity index (χ0) is 22.1. The zero-order valence-electron chi connectivity index (χ0n) is 17.2. The van der Waals surface area contributed by atoms with E-state index in [9.17, 15) is 8.78 Å². The summed E-state index contributed by atoms with van der Waals surface area (Å²) < 4.78 is 41.2. The molecule has 5 nitrogen and oxygen atoms in total. The Bertz CT molecular complexity index is 1250. The Morgan fingerprint density at radius 1 is 1.00 bits per heavy atom. The van der Waals surface area contributed by atoms with Crippen molar-refractivity contribution < 1.29 is 18.3 Å². The van der Waals surface area contributed by atoms with Crippen LogP contribution in [0.1, 0.15) is 23.0 Å². The third kappa shape index (κ3) is 4.11. The monoisotopic (exact) mass is 451 g/mol. The van der Waals surface area contributed by atoms with Gasteiger partial charge in [0.25, 0.3) is 0 Å². The van der Waals surface area contributed by atoms with Gasteiger partial charge in [0.05, 0.1) is 6.61 Å². The Hall–Kier alpha value is -3.23. The van der Waals surface area contributed by atoms with Crippen molar-refractivity contribution in [3.63, 3.8) is 0 Å². The van der Waals surface area contributed by atoms with Crippen molar-refractivity contribution in [2.45, 2.75) is 23.8 Å². The molecular formula is C24H19F2N3O2S. The summed E-state index contributed by atoms with van der Waals surface area (Å²) in [5.74, 6) is 1.06. The lowest BCUT2D eigenvalue weighted by Crippen LogP contribution is -2.19. The fraction of sp³-hybridized carbons (Fsp3) is 0.167. The maximum atomic E-state index is 14.3. The lowest BCUT2D eigenvalue weighted by Gasteiger charge is -2.28. The van der Waals surface area contributed by atoms with Crippen LogP contribution in [0.4, 0.5) is 8.78 Å². The Morgan fingerprint density at radius 3 is 2.56 bits per heavy atom. The first-order valence-corrected chi connectivity index (χ1v) is 11.0. The summed E-state index contributed by atoms with van der Waals surface area (Å²) >= 11 is 1.43. The van der Waals surface area contributed by atoms with Crippen LogP contribution in [0.15, 0.2) is 71.9 Å². The summed E-state index contributed by atoms with van der Waals surface area (Å²) in [7, 11) is 1.85. The third-order valence-corrected chi connectivity index (χ3v) is 6.26.